The third-order valence-corrected chi connectivity index (χ3v) is 4.73. The zero-order chi connectivity index (χ0) is 15.9. The lowest BCUT2D eigenvalue weighted by Crippen LogP contribution is -2.45. The van der Waals surface area contributed by atoms with Crippen LogP contribution in [0.1, 0.15) is 24.5 Å². The van der Waals surface area contributed by atoms with E-state index >= 15 is 0 Å². The molecule has 0 amide bonds. The van der Waals surface area contributed by atoms with E-state index in [2.05, 4.69) is 5.32 Å². The van der Waals surface area contributed by atoms with Gasteiger partial charge in [-0.2, -0.15) is 0 Å². The van der Waals surface area contributed by atoms with E-state index in [1.807, 2.05) is 67.6 Å². The van der Waals surface area contributed by atoms with Gasteiger partial charge in [0.15, 0.2) is 5.72 Å². The summed E-state index contributed by atoms with van der Waals surface area (Å²) in [6, 6.07) is 19.9. The molecule has 2 saturated heterocycles. The molecule has 3 atom stereocenters. The molecule has 0 unspecified atom stereocenters. The molecule has 2 fully saturated rings. The summed E-state index contributed by atoms with van der Waals surface area (Å²) in [6.07, 6.45) is 0.184. The van der Waals surface area contributed by atoms with Crippen LogP contribution in [0.4, 0.5) is 0 Å². The fourth-order valence-corrected chi connectivity index (χ4v) is 3.56. The molecular formula is C19H19NO3. The van der Waals surface area contributed by atoms with Crippen LogP contribution in [0.3, 0.4) is 0 Å². The molecule has 2 aromatic rings. The van der Waals surface area contributed by atoms with E-state index in [1.54, 1.807) is 0 Å². The molecular weight excluding hydrogens is 290 g/mol. The molecule has 0 aromatic heterocycles. The predicted octanol–water partition coefficient (Wildman–Crippen LogP) is 2.79. The van der Waals surface area contributed by atoms with Gasteiger partial charge in [0.2, 0.25) is 6.29 Å². The van der Waals surface area contributed by atoms with Gasteiger partial charge in [-0.1, -0.05) is 67.6 Å². The van der Waals surface area contributed by atoms with Gasteiger partial charge < -0.3 is 9.47 Å². The van der Waals surface area contributed by atoms with Gasteiger partial charge in [-0.25, -0.2) is 0 Å². The molecule has 4 heteroatoms. The van der Waals surface area contributed by atoms with Crippen molar-refractivity contribution >= 4 is 5.97 Å². The average molecular weight is 309 g/mol. The predicted molar refractivity (Wildman–Crippen MR) is 85.3 cm³/mol. The Hall–Kier alpha value is -2.17. The molecule has 118 valence electrons. The molecule has 1 N–H and O–H groups in total. The van der Waals surface area contributed by atoms with Crippen molar-refractivity contribution < 1.29 is 14.3 Å². The topological polar surface area (TPSA) is 47.6 Å². The largest absolute Gasteiger partial charge is 0.434 e. The van der Waals surface area contributed by atoms with Crippen molar-refractivity contribution in [2.24, 2.45) is 5.92 Å². The molecule has 2 aromatic carbocycles. The highest BCUT2D eigenvalue weighted by atomic mass is 16.7. The van der Waals surface area contributed by atoms with Gasteiger partial charge in [0.25, 0.3) is 0 Å². The van der Waals surface area contributed by atoms with Crippen LogP contribution in [-0.4, -0.2) is 18.3 Å². The molecule has 0 radical (unpaired) electrons. The standard InChI is InChI=1S/C19H19NO3/c1-2-15-16-18(22-17(15)21)23-19(20-16,13-9-5-3-6-10-13)14-11-7-4-8-12-14/h3-12,15-16,18,20H,2H2,1H3/t15-,16+,18+/m1/s1. The first-order chi connectivity index (χ1) is 11.2. The number of fused-ring (bicyclic) bond motifs is 1. The van der Waals surface area contributed by atoms with Crippen LogP contribution in [0.5, 0.6) is 0 Å². The van der Waals surface area contributed by atoms with E-state index < -0.39 is 12.0 Å². The van der Waals surface area contributed by atoms with E-state index in [0.717, 1.165) is 17.5 Å². The fourth-order valence-electron chi connectivity index (χ4n) is 3.56. The maximum absolute atomic E-state index is 12.0. The molecule has 23 heavy (non-hydrogen) atoms. The Labute approximate surface area is 135 Å². The number of ether oxygens (including phenoxy) is 2. The lowest BCUT2D eigenvalue weighted by molar-refractivity contribution is -0.174. The van der Waals surface area contributed by atoms with Gasteiger partial charge in [-0.3, -0.25) is 10.1 Å². The van der Waals surface area contributed by atoms with Gasteiger partial charge in [0.05, 0.1) is 12.0 Å². The van der Waals surface area contributed by atoms with Crippen molar-refractivity contribution in [3.8, 4) is 0 Å². The highest BCUT2D eigenvalue weighted by Gasteiger charge is 2.57. The molecule has 4 rings (SSSR count). The minimum atomic E-state index is -0.786. The first-order valence-electron chi connectivity index (χ1n) is 8.01. The van der Waals surface area contributed by atoms with Gasteiger partial charge in [0.1, 0.15) is 0 Å². The summed E-state index contributed by atoms with van der Waals surface area (Å²) in [6.45, 7) is 2.00. The number of nitrogens with one attached hydrogen (secondary N) is 1. The van der Waals surface area contributed by atoms with Crippen LogP contribution in [0, 0.1) is 5.92 Å². The summed E-state index contributed by atoms with van der Waals surface area (Å²) >= 11 is 0. The van der Waals surface area contributed by atoms with E-state index in [0.29, 0.717) is 0 Å². The molecule has 0 aliphatic carbocycles. The average Bonchev–Trinajstić information content (AvgIpc) is 3.10. The molecule has 0 bridgehead atoms. The van der Waals surface area contributed by atoms with E-state index in [4.69, 9.17) is 9.47 Å². The lowest BCUT2D eigenvalue weighted by atomic mass is 9.92. The van der Waals surface area contributed by atoms with Gasteiger partial charge in [-0.15, -0.1) is 0 Å². The maximum atomic E-state index is 12.0. The second kappa shape index (κ2) is 5.48. The quantitative estimate of drug-likeness (QED) is 0.886. The summed E-state index contributed by atoms with van der Waals surface area (Å²) in [7, 11) is 0. The number of hydrogen-bond donors (Lipinski definition) is 1. The Morgan fingerprint density at radius 3 is 2.09 bits per heavy atom. The monoisotopic (exact) mass is 309 g/mol. The minimum Gasteiger partial charge on any atom is -0.434 e. The maximum Gasteiger partial charge on any atom is 0.313 e. The SMILES string of the molecule is CC[C@H]1C(=O)O[C@H]2OC(c3ccccc3)(c3ccccc3)N[C@H]21. The molecule has 2 aliphatic rings. The van der Waals surface area contributed by atoms with Crippen LogP contribution in [-0.2, 0) is 20.0 Å². The minimum absolute atomic E-state index is 0.132. The first-order valence-corrected chi connectivity index (χ1v) is 8.01. The van der Waals surface area contributed by atoms with Crippen molar-refractivity contribution in [2.75, 3.05) is 0 Å². The van der Waals surface area contributed by atoms with Crippen molar-refractivity contribution in [2.45, 2.75) is 31.4 Å². The van der Waals surface area contributed by atoms with Gasteiger partial charge >= 0.3 is 5.97 Å². The van der Waals surface area contributed by atoms with E-state index in [-0.39, 0.29) is 17.9 Å². The van der Waals surface area contributed by atoms with E-state index in [1.165, 1.54) is 0 Å². The Morgan fingerprint density at radius 1 is 1.00 bits per heavy atom. The Kier molecular flexibility index (Phi) is 3.43. The highest BCUT2D eigenvalue weighted by molar-refractivity contribution is 5.76. The van der Waals surface area contributed by atoms with Crippen molar-refractivity contribution in [1.29, 1.82) is 0 Å². The van der Waals surface area contributed by atoms with Crippen LogP contribution in [0.2, 0.25) is 0 Å². The molecule has 0 saturated carbocycles. The number of benzene rings is 2. The molecule has 0 spiro atoms. The van der Waals surface area contributed by atoms with Crippen LogP contribution in [0.15, 0.2) is 60.7 Å². The summed E-state index contributed by atoms with van der Waals surface area (Å²) in [5.74, 6) is -0.348. The number of carbonyl (C=O) groups is 1. The van der Waals surface area contributed by atoms with Crippen molar-refractivity contribution in [1.82, 2.24) is 5.32 Å². The molecule has 2 heterocycles. The Balaban J connectivity index is 1.80. The fraction of sp³-hybridized carbons (Fsp3) is 0.316. The van der Waals surface area contributed by atoms with Gasteiger partial charge in [-0.05, 0) is 6.42 Å². The Bertz CT molecular complexity index is 662. The second-order valence-corrected chi connectivity index (χ2v) is 6.02. The second-order valence-electron chi connectivity index (χ2n) is 6.02. The smallest absolute Gasteiger partial charge is 0.313 e. The van der Waals surface area contributed by atoms with Crippen LogP contribution >= 0.6 is 0 Å². The third-order valence-electron chi connectivity index (χ3n) is 4.73. The zero-order valence-corrected chi connectivity index (χ0v) is 12.9. The van der Waals surface area contributed by atoms with Crippen molar-refractivity contribution in [3.05, 3.63) is 71.8 Å². The zero-order valence-electron chi connectivity index (χ0n) is 12.9. The normalized spacial score (nSPS) is 28.4. The molecule has 2 aliphatic heterocycles. The van der Waals surface area contributed by atoms with Crippen LogP contribution in [0.25, 0.3) is 0 Å². The summed E-state index contributed by atoms with van der Waals surface area (Å²) in [5, 5.41) is 3.56. The first kappa shape index (κ1) is 14.4. The highest BCUT2D eigenvalue weighted by Crippen LogP contribution is 2.43. The van der Waals surface area contributed by atoms with E-state index in [9.17, 15) is 4.79 Å². The molecule has 4 nitrogen and oxygen atoms in total. The third kappa shape index (κ3) is 2.18. The van der Waals surface area contributed by atoms with Crippen LogP contribution < -0.4 is 5.32 Å². The number of esters is 1. The Morgan fingerprint density at radius 2 is 1.57 bits per heavy atom. The summed E-state index contributed by atoms with van der Waals surface area (Å²) < 4.78 is 11.8. The number of hydrogen-bond acceptors (Lipinski definition) is 4. The number of carbonyl (C=O) groups excluding carboxylic acids is 1. The summed E-state index contributed by atoms with van der Waals surface area (Å²) in [5.41, 5.74) is 1.23. The summed E-state index contributed by atoms with van der Waals surface area (Å²) in [4.78, 5) is 12.0. The number of rotatable bonds is 3. The lowest BCUT2D eigenvalue weighted by Gasteiger charge is -2.31. The van der Waals surface area contributed by atoms with Gasteiger partial charge in [0, 0.05) is 11.1 Å². The van der Waals surface area contributed by atoms with Crippen molar-refractivity contribution in [3.63, 3.8) is 0 Å².